The Bertz CT molecular complexity index is 147. The van der Waals surface area contributed by atoms with E-state index in [4.69, 9.17) is 5.11 Å². The third-order valence-electron chi connectivity index (χ3n) is 1.01. The number of methoxy groups -OCH3 is 2. The van der Waals surface area contributed by atoms with Gasteiger partial charge < -0.3 is 14.6 Å². The Balaban J connectivity index is 4.22. The lowest BCUT2D eigenvalue weighted by molar-refractivity contribution is -0.274. The number of aliphatic hydroxyl groups is 1. The van der Waals surface area contributed by atoms with Crippen LogP contribution in [0.2, 0.25) is 0 Å². The Kier molecular flexibility index (Phi) is 3.34. The van der Waals surface area contributed by atoms with Crippen LogP contribution in [0.15, 0.2) is 0 Å². The number of alkyl halides is 2. The van der Waals surface area contributed by atoms with Crippen molar-refractivity contribution in [1.29, 1.82) is 0 Å². The van der Waals surface area contributed by atoms with E-state index in [1.54, 1.807) is 0 Å². The number of carbonyl (C=O) groups excluding carboxylic acids is 1. The highest BCUT2D eigenvalue weighted by Crippen LogP contribution is 2.19. The highest BCUT2D eigenvalue weighted by Gasteiger charge is 2.44. The fraction of sp³-hybridized carbons (Fsp3) is 0.800. The van der Waals surface area contributed by atoms with Crippen LogP contribution in [0.3, 0.4) is 0 Å². The first-order valence-electron chi connectivity index (χ1n) is 2.64. The zero-order valence-electron chi connectivity index (χ0n) is 6.01. The van der Waals surface area contributed by atoms with Crippen LogP contribution in [0.4, 0.5) is 8.78 Å². The predicted molar refractivity (Wildman–Crippen MR) is 30.0 cm³/mol. The molecule has 0 aliphatic rings. The van der Waals surface area contributed by atoms with E-state index < -0.39 is 18.2 Å². The van der Waals surface area contributed by atoms with Gasteiger partial charge in [0, 0.05) is 7.11 Å². The molecule has 0 aromatic carbocycles. The molecular formula is C5H8F2O4. The van der Waals surface area contributed by atoms with Gasteiger partial charge in [0.25, 0.3) is 0 Å². The zero-order chi connectivity index (χ0) is 9.07. The van der Waals surface area contributed by atoms with Crippen LogP contribution < -0.4 is 0 Å². The van der Waals surface area contributed by atoms with Gasteiger partial charge in [-0.05, 0) is 0 Å². The van der Waals surface area contributed by atoms with Gasteiger partial charge in [0.15, 0.2) is 0 Å². The summed E-state index contributed by atoms with van der Waals surface area (Å²) in [6, 6.07) is 0. The first kappa shape index (κ1) is 10.2. The molecule has 66 valence electrons. The maximum atomic E-state index is 12.2. The van der Waals surface area contributed by atoms with Crippen molar-refractivity contribution < 1.29 is 28.2 Å². The van der Waals surface area contributed by atoms with E-state index in [1.807, 2.05) is 0 Å². The van der Waals surface area contributed by atoms with Crippen LogP contribution in [0, 0.1) is 0 Å². The van der Waals surface area contributed by atoms with Crippen LogP contribution in [0.5, 0.6) is 0 Å². The molecule has 0 radical (unpaired) electrons. The predicted octanol–water partition coefficient (Wildman–Crippen LogP) is -0.241. The second-order valence-corrected chi connectivity index (χ2v) is 1.69. The molecule has 0 aromatic rings. The summed E-state index contributed by atoms with van der Waals surface area (Å²) in [5.74, 6) is -1.43. The number of ether oxygens (including phenoxy) is 2. The standard InChI is InChI=1S/C5H8F2O4/c1-10-4(9)3(8)5(6,7)11-2/h3,8H,1-2H3. The maximum Gasteiger partial charge on any atom is 0.392 e. The monoisotopic (exact) mass is 170 g/mol. The Labute approximate surface area is 61.7 Å². The molecule has 0 rings (SSSR count). The fourth-order valence-corrected chi connectivity index (χ4v) is 0.360. The van der Waals surface area contributed by atoms with Crippen LogP contribution in [0.1, 0.15) is 0 Å². The molecule has 0 saturated carbocycles. The van der Waals surface area contributed by atoms with Crippen LogP contribution in [0.25, 0.3) is 0 Å². The van der Waals surface area contributed by atoms with E-state index in [0.717, 1.165) is 7.11 Å². The number of hydrogen-bond donors (Lipinski definition) is 1. The zero-order valence-corrected chi connectivity index (χ0v) is 6.01. The molecule has 0 fully saturated rings. The van der Waals surface area contributed by atoms with E-state index in [1.165, 1.54) is 0 Å². The average Bonchev–Trinajstić information content (AvgIpc) is 2.01. The highest BCUT2D eigenvalue weighted by molar-refractivity contribution is 5.75. The molecule has 4 nitrogen and oxygen atoms in total. The lowest BCUT2D eigenvalue weighted by atomic mass is 10.3. The number of esters is 1. The summed E-state index contributed by atoms with van der Waals surface area (Å²) in [6.45, 7) is 0. The molecule has 1 unspecified atom stereocenters. The quantitative estimate of drug-likeness (QED) is 0.594. The van der Waals surface area contributed by atoms with Gasteiger partial charge in [0.2, 0.25) is 6.10 Å². The molecule has 1 atom stereocenters. The summed E-state index contributed by atoms with van der Waals surface area (Å²) in [6.07, 6.45) is -6.47. The topological polar surface area (TPSA) is 55.8 Å². The van der Waals surface area contributed by atoms with E-state index in [-0.39, 0.29) is 0 Å². The van der Waals surface area contributed by atoms with E-state index in [9.17, 15) is 13.6 Å². The lowest BCUT2D eigenvalue weighted by Gasteiger charge is -2.17. The van der Waals surface area contributed by atoms with Gasteiger partial charge in [-0.1, -0.05) is 0 Å². The maximum absolute atomic E-state index is 12.2. The molecule has 0 aliphatic carbocycles. The summed E-state index contributed by atoms with van der Waals surface area (Å²) in [4.78, 5) is 10.3. The van der Waals surface area contributed by atoms with Crippen molar-refractivity contribution in [3.8, 4) is 0 Å². The van der Waals surface area contributed by atoms with Crippen molar-refractivity contribution in [3.05, 3.63) is 0 Å². The first-order valence-corrected chi connectivity index (χ1v) is 2.64. The molecular weight excluding hydrogens is 162 g/mol. The molecule has 11 heavy (non-hydrogen) atoms. The highest BCUT2D eigenvalue weighted by atomic mass is 19.3. The molecule has 0 aliphatic heterocycles. The smallest absolute Gasteiger partial charge is 0.392 e. The van der Waals surface area contributed by atoms with Crippen LogP contribution >= 0.6 is 0 Å². The molecule has 0 heterocycles. The minimum Gasteiger partial charge on any atom is -0.467 e. The second-order valence-electron chi connectivity index (χ2n) is 1.69. The minimum absolute atomic E-state index is 0.673. The summed E-state index contributed by atoms with van der Waals surface area (Å²) < 4.78 is 31.8. The van der Waals surface area contributed by atoms with Gasteiger partial charge in [-0.2, -0.15) is 8.78 Å². The van der Waals surface area contributed by atoms with Crippen LogP contribution in [-0.4, -0.2) is 37.5 Å². The third kappa shape index (κ3) is 2.39. The van der Waals surface area contributed by atoms with Crippen molar-refractivity contribution >= 4 is 5.97 Å². The summed E-state index contributed by atoms with van der Waals surface area (Å²) in [5.41, 5.74) is 0. The molecule has 0 spiro atoms. The Morgan fingerprint density at radius 1 is 1.55 bits per heavy atom. The SMILES string of the molecule is COC(=O)C(O)C(F)(F)OC. The minimum atomic E-state index is -3.90. The van der Waals surface area contributed by atoms with Crippen molar-refractivity contribution in [2.75, 3.05) is 14.2 Å². The molecule has 0 amide bonds. The Morgan fingerprint density at radius 2 is 2.00 bits per heavy atom. The molecule has 0 saturated heterocycles. The van der Waals surface area contributed by atoms with Gasteiger partial charge in [-0.25, -0.2) is 4.79 Å². The largest absolute Gasteiger partial charge is 0.467 e. The Hall–Kier alpha value is -0.750. The number of halogens is 2. The summed E-state index contributed by atoms with van der Waals surface area (Å²) in [5, 5.41) is 8.50. The molecule has 0 bridgehead atoms. The summed E-state index contributed by atoms with van der Waals surface area (Å²) >= 11 is 0. The molecule has 6 heteroatoms. The lowest BCUT2D eigenvalue weighted by Crippen LogP contribution is -2.42. The number of rotatable bonds is 3. The van der Waals surface area contributed by atoms with E-state index in [0.29, 0.717) is 7.11 Å². The molecule has 1 N–H and O–H groups in total. The number of hydrogen-bond acceptors (Lipinski definition) is 4. The normalized spacial score (nSPS) is 14.3. The average molecular weight is 170 g/mol. The fourth-order valence-electron chi connectivity index (χ4n) is 0.360. The number of aliphatic hydroxyl groups excluding tert-OH is 1. The van der Waals surface area contributed by atoms with Crippen molar-refractivity contribution in [1.82, 2.24) is 0 Å². The van der Waals surface area contributed by atoms with E-state index >= 15 is 0 Å². The summed E-state index contributed by atoms with van der Waals surface area (Å²) in [7, 11) is 1.56. The first-order chi connectivity index (χ1) is 4.95. The Morgan fingerprint density at radius 3 is 2.27 bits per heavy atom. The van der Waals surface area contributed by atoms with Crippen molar-refractivity contribution in [3.63, 3.8) is 0 Å². The van der Waals surface area contributed by atoms with Gasteiger partial charge in [0.1, 0.15) is 0 Å². The van der Waals surface area contributed by atoms with Gasteiger partial charge >= 0.3 is 12.1 Å². The third-order valence-corrected chi connectivity index (χ3v) is 1.01. The second kappa shape index (κ2) is 3.59. The molecule has 0 aromatic heterocycles. The van der Waals surface area contributed by atoms with E-state index in [2.05, 4.69) is 9.47 Å². The van der Waals surface area contributed by atoms with Gasteiger partial charge in [-0.3, -0.25) is 0 Å². The van der Waals surface area contributed by atoms with Gasteiger partial charge in [-0.15, -0.1) is 0 Å². The van der Waals surface area contributed by atoms with Gasteiger partial charge in [0.05, 0.1) is 7.11 Å². The number of carbonyl (C=O) groups is 1. The van der Waals surface area contributed by atoms with Crippen molar-refractivity contribution in [2.24, 2.45) is 0 Å². The van der Waals surface area contributed by atoms with Crippen LogP contribution in [-0.2, 0) is 14.3 Å². The van der Waals surface area contributed by atoms with Crippen molar-refractivity contribution in [2.45, 2.75) is 12.2 Å².